The van der Waals surface area contributed by atoms with Gasteiger partial charge in [0.2, 0.25) is 0 Å². The molecule has 0 spiro atoms. The van der Waals surface area contributed by atoms with Crippen LogP contribution in [-0.2, 0) is 6.54 Å². The molecule has 0 radical (unpaired) electrons. The second-order valence-corrected chi connectivity index (χ2v) is 5.49. The number of anilines is 1. The Bertz CT molecular complexity index is 795. The van der Waals surface area contributed by atoms with E-state index < -0.39 is 0 Å². The van der Waals surface area contributed by atoms with Gasteiger partial charge in [0.25, 0.3) is 0 Å². The minimum absolute atomic E-state index is 0.471. The van der Waals surface area contributed by atoms with Crippen molar-refractivity contribution in [1.29, 1.82) is 0 Å². The van der Waals surface area contributed by atoms with Gasteiger partial charge < -0.3 is 5.32 Å². The number of hydrogen-bond acceptors (Lipinski definition) is 5. The zero-order valence-electron chi connectivity index (χ0n) is 11.2. The predicted molar refractivity (Wildman–Crippen MR) is 79.3 cm³/mol. The van der Waals surface area contributed by atoms with Crippen LogP contribution >= 0.6 is 11.6 Å². The molecular formula is C14H13ClN6. The molecule has 0 aliphatic heterocycles. The molecule has 1 aliphatic carbocycles. The molecule has 0 bridgehead atoms. The third-order valence-electron chi connectivity index (χ3n) is 3.47. The summed E-state index contributed by atoms with van der Waals surface area (Å²) in [7, 11) is 0. The van der Waals surface area contributed by atoms with Gasteiger partial charge in [-0.25, -0.2) is 9.97 Å². The fourth-order valence-corrected chi connectivity index (χ4v) is 2.42. The standard InChI is InChI=1S/C14H13ClN6/c15-10-7-11(18-14(17-10)9-4-5-9)16-8-13-20-19-12-3-1-2-6-21(12)13/h1-3,6-7,9H,4-5,8H2,(H,16,17,18). The van der Waals surface area contributed by atoms with Crippen LogP contribution in [0, 0.1) is 0 Å². The smallest absolute Gasteiger partial charge is 0.160 e. The monoisotopic (exact) mass is 300 g/mol. The number of halogens is 1. The highest BCUT2D eigenvalue weighted by Crippen LogP contribution is 2.38. The van der Waals surface area contributed by atoms with Gasteiger partial charge in [-0.2, -0.15) is 0 Å². The SMILES string of the molecule is Clc1cc(NCc2nnc3ccccn23)nc(C2CC2)n1. The highest BCUT2D eigenvalue weighted by atomic mass is 35.5. The largest absolute Gasteiger partial charge is 0.363 e. The van der Waals surface area contributed by atoms with Crippen LogP contribution in [0.2, 0.25) is 5.15 Å². The molecule has 0 aromatic carbocycles. The quantitative estimate of drug-likeness (QED) is 0.750. The first kappa shape index (κ1) is 12.5. The van der Waals surface area contributed by atoms with Gasteiger partial charge in [0.1, 0.15) is 16.8 Å². The molecule has 21 heavy (non-hydrogen) atoms. The van der Waals surface area contributed by atoms with Crippen molar-refractivity contribution >= 4 is 23.1 Å². The second kappa shape index (κ2) is 4.96. The van der Waals surface area contributed by atoms with E-state index in [1.54, 1.807) is 6.07 Å². The fraction of sp³-hybridized carbons (Fsp3) is 0.286. The summed E-state index contributed by atoms with van der Waals surface area (Å²) in [6, 6.07) is 7.54. The Morgan fingerprint density at radius 2 is 2.14 bits per heavy atom. The van der Waals surface area contributed by atoms with Crippen LogP contribution in [0.4, 0.5) is 5.82 Å². The van der Waals surface area contributed by atoms with E-state index >= 15 is 0 Å². The fourth-order valence-electron chi connectivity index (χ4n) is 2.23. The molecule has 1 N–H and O–H groups in total. The Morgan fingerprint density at radius 3 is 3.00 bits per heavy atom. The van der Waals surface area contributed by atoms with Gasteiger partial charge in [-0.3, -0.25) is 4.40 Å². The summed E-state index contributed by atoms with van der Waals surface area (Å²) in [5.74, 6) is 2.85. The molecule has 0 atom stereocenters. The first-order valence-corrected chi connectivity index (χ1v) is 7.24. The van der Waals surface area contributed by atoms with E-state index in [0.717, 1.165) is 36.0 Å². The van der Waals surface area contributed by atoms with Crippen molar-refractivity contribution in [2.24, 2.45) is 0 Å². The molecule has 3 heterocycles. The van der Waals surface area contributed by atoms with Gasteiger partial charge in [-0.05, 0) is 25.0 Å². The topological polar surface area (TPSA) is 68.0 Å². The molecule has 6 nitrogen and oxygen atoms in total. The van der Waals surface area contributed by atoms with Crippen LogP contribution < -0.4 is 5.32 Å². The lowest BCUT2D eigenvalue weighted by Crippen LogP contribution is -2.07. The van der Waals surface area contributed by atoms with E-state index in [1.165, 1.54) is 0 Å². The van der Waals surface area contributed by atoms with E-state index in [4.69, 9.17) is 11.6 Å². The maximum absolute atomic E-state index is 6.05. The second-order valence-electron chi connectivity index (χ2n) is 5.11. The maximum atomic E-state index is 6.05. The van der Waals surface area contributed by atoms with Crippen molar-refractivity contribution in [3.63, 3.8) is 0 Å². The van der Waals surface area contributed by atoms with Gasteiger partial charge in [0, 0.05) is 18.2 Å². The number of nitrogens with zero attached hydrogens (tertiary/aromatic N) is 5. The Labute approximate surface area is 126 Å². The Balaban J connectivity index is 1.56. The van der Waals surface area contributed by atoms with E-state index in [9.17, 15) is 0 Å². The van der Waals surface area contributed by atoms with Gasteiger partial charge in [-0.1, -0.05) is 17.7 Å². The number of aromatic nitrogens is 5. The van der Waals surface area contributed by atoms with Gasteiger partial charge in [-0.15, -0.1) is 10.2 Å². The van der Waals surface area contributed by atoms with E-state index in [0.29, 0.717) is 17.6 Å². The van der Waals surface area contributed by atoms with Crippen LogP contribution in [0.5, 0.6) is 0 Å². The first-order valence-electron chi connectivity index (χ1n) is 6.86. The highest BCUT2D eigenvalue weighted by molar-refractivity contribution is 6.29. The number of fused-ring (bicyclic) bond motifs is 1. The summed E-state index contributed by atoms with van der Waals surface area (Å²) in [5.41, 5.74) is 0.827. The van der Waals surface area contributed by atoms with Crippen molar-refractivity contribution in [1.82, 2.24) is 24.6 Å². The summed E-state index contributed by atoms with van der Waals surface area (Å²) in [6.07, 6.45) is 4.23. The zero-order valence-corrected chi connectivity index (χ0v) is 12.0. The van der Waals surface area contributed by atoms with Crippen LogP contribution in [-0.4, -0.2) is 24.6 Å². The number of nitrogens with one attached hydrogen (secondary N) is 1. The molecule has 7 heteroatoms. The van der Waals surface area contributed by atoms with Crippen molar-refractivity contribution in [3.05, 3.63) is 47.3 Å². The highest BCUT2D eigenvalue weighted by Gasteiger charge is 2.27. The lowest BCUT2D eigenvalue weighted by molar-refractivity contribution is 0.889. The molecule has 4 rings (SSSR count). The molecule has 1 fully saturated rings. The number of rotatable bonds is 4. The summed E-state index contributed by atoms with van der Waals surface area (Å²) < 4.78 is 1.94. The van der Waals surface area contributed by atoms with E-state index in [1.807, 2.05) is 28.8 Å². The van der Waals surface area contributed by atoms with E-state index in [-0.39, 0.29) is 0 Å². The first-order chi connectivity index (χ1) is 10.3. The Kier molecular flexibility index (Phi) is 2.96. The minimum atomic E-state index is 0.471. The lowest BCUT2D eigenvalue weighted by atomic mass is 10.4. The zero-order chi connectivity index (χ0) is 14.2. The number of pyridine rings is 1. The molecule has 3 aromatic rings. The third-order valence-corrected chi connectivity index (χ3v) is 3.66. The summed E-state index contributed by atoms with van der Waals surface area (Å²) >= 11 is 6.05. The van der Waals surface area contributed by atoms with Gasteiger partial charge >= 0.3 is 0 Å². The molecule has 0 amide bonds. The Morgan fingerprint density at radius 1 is 1.24 bits per heavy atom. The van der Waals surface area contributed by atoms with Crippen molar-refractivity contribution in [2.45, 2.75) is 25.3 Å². The molecule has 0 unspecified atom stereocenters. The van der Waals surface area contributed by atoms with Gasteiger partial charge in [0.05, 0.1) is 6.54 Å². The van der Waals surface area contributed by atoms with Gasteiger partial charge in [0.15, 0.2) is 11.5 Å². The third kappa shape index (κ3) is 2.54. The van der Waals surface area contributed by atoms with Crippen LogP contribution in [0.1, 0.15) is 30.4 Å². The molecule has 1 saturated carbocycles. The maximum Gasteiger partial charge on any atom is 0.160 e. The number of hydrogen-bond donors (Lipinski definition) is 1. The predicted octanol–water partition coefficient (Wildman–Crippen LogP) is 2.66. The lowest BCUT2D eigenvalue weighted by Gasteiger charge is -2.06. The summed E-state index contributed by atoms with van der Waals surface area (Å²) in [4.78, 5) is 8.78. The normalized spacial score (nSPS) is 14.5. The van der Waals surface area contributed by atoms with Crippen LogP contribution in [0.25, 0.3) is 5.65 Å². The molecular weight excluding hydrogens is 288 g/mol. The molecule has 0 saturated heterocycles. The van der Waals surface area contributed by atoms with Crippen LogP contribution in [0.15, 0.2) is 30.5 Å². The average Bonchev–Trinajstić information content (AvgIpc) is 3.26. The van der Waals surface area contributed by atoms with Crippen molar-refractivity contribution in [3.8, 4) is 0 Å². The molecule has 3 aromatic heterocycles. The van der Waals surface area contributed by atoms with E-state index in [2.05, 4.69) is 25.5 Å². The molecule has 106 valence electrons. The van der Waals surface area contributed by atoms with Crippen molar-refractivity contribution in [2.75, 3.05) is 5.32 Å². The minimum Gasteiger partial charge on any atom is -0.363 e. The summed E-state index contributed by atoms with van der Waals surface area (Å²) in [5, 5.41) is 12.0. The molecule has 1 aliphatic rings. The Hall–Kier alpha value is -2.21. The average molecular weight is 301 g/mol. The van der Waals surface area contributed by atoms with Crippen LogP contribution in [0.3, 0.4) is 0 Å². The van der Waals surface area contributed by atoms with Crippen molar-refractivity contribution < 1.29 is 0 Å². The summed E-state index contributed by atoms with van der Waals surface area (Å²) in [6.45, 7) is 0.530.